The van der Waals surface area contributed by atoms with Crippen LogP contribution in [-0.2, 0) is 32.2 Å². The second kappa shape index (κ2) is 15.5. The van der Waals surface area contributed by atoms with Crippen molar-refractivity contribution in [3.63, 3.8) is 0 Å². The van der Waals surface area contributed by atoms with Crippen molar-refractivity contribution in [2.45, 2.75) is 13.2 Å². The topological polar surface area (TPSA) is 61.9 Å². The Bertz CT molecular complexity index is 1110. The maximum absolute atomic E-state index is 6.08. The summed E-state index contributed by atoms with van der Waals surface area (Å²) in [6, 6.07) is 20.7. The van der Waals surface area contributed by atoms with E-state index in [0.29, 0.717) is 77.6 Å². The van der Waals surface area contributed by atoms with Crippen molar-refractivity contribution < 1.29 is 28.4 Å². The predicted octanol–water partition coefficient (Wildman–Crippen LogP) is 5.02. The molecule has 0 saturated heterocycles. The minimum Gasteiger partial charge on any atom is -0.487 e. The molecule has 4 rings (SSSR count). The van der Waals surface area contributed by atoms with E-state index in [2.05, 4.69) is 46.2 Å². The Labute approximate surface area is 238 Å². The van der Waals surface area contributed by atoms with E-state index in [1.165, 1.54) is 0 Å². The lowest BCUT2D eigenvalue weighted by Crippen LogP contribution is -2.14. The first-order valence-electron chi connectivity index (χ1n) is 13.8. The van der Waals surface area contributed by atoms with Gasteiger partial charge in [0.1, 0.15) is 13.2 Å². The number of hydrogen-bond donors (Lipinski definition) is 0. The van der Waals surface area contributed by atoms with Crippen LogP contribution in [0, 0.1) is 0 Å². The van der Waals surface area contributed by atoms with Crippen LogP contribution in [0.25, 0.3) is 11.1 Å². The average molecular weight is 551 g/mol. The molecule has 216 valence electrons. The normalized spacial score (nSPS) is 16.0. The molecular formula is C32H42N2O6. The van der Waals surface area contributed by atoms with E-state index in [1.54, 1.807) is 0 Å². The van der Waals surface area contributed by atoms with Crippen molar-refractivity contribution in [2.24, 2.45) is 0 Å². The quantitative estimate of drug-likeness (QED) is 0.441. The van der Waals surface area contributed by atoms with Crippen molar-refractivity contribution in [1.82, 2.24) is 0 Å². The summed E-state index contributed by atoms with van der Waals surface area (Å²) >= 11 is 0. The van der Waals surface area contributed by atoms with Gasteiger partial charge in [-0.25, -0.2) is 0 Å². The van der Waals surface area contributed by atoms with Crippen molar-refractivity contribution in [3.8, 4) is 22.6 Å². The van der Waals surface area contributed by atoms with Gasteiger partial charge >= 0.3 is 0 Å². The number of anilines is 2. The molecule has 40 heavy (non-hydrogen) atoms. The molecule has 0 N–H and O–H groups in total. The van der Waals surface area contributed by atoms with Crippen molar-refractivity contribution in [1.29, 1.82) is 0 Å². The molecule has 3 aromatic rings. The van der Waals surface area contributed by atoms with Gasteiger partial charge in [-0.3, -0.25) is 0 Å². The molecule has 8 heteroatoms. The molecule has 3 aromatic carbocycles. The van der Waals surface area contributed by atoms with Crippen LogP contribution < -0.4 is 19.3 Å². The van der Waals surface area contributed by atoms with Crippen molar-refractivity contribution in [3.05, 3.63) is 71.8 Å². The van der Waals surface area contributed by atoms with E-state index in [1.807, 2.05) is 52.5 Å². The number of ether oxygens (including phenoxy) is 6. The Kier molecular flexibility index (Phi) is 11.5. The molecule has 1 aliphatic rings. The van der Waals surface area contributed by atoms with Gasteiger partial charge in [0.15, 0.2) is 11.5 Å². The predicted molar refractivity (Wildman–Crippen MR) is 159 cm³/mol. The molecule has 0 saturated carbocycles. The van der Waals surface area contributed by atoms with Gasteiger partial charge in [-0.2, -0.15) is 0 Å². The first kappa shape index (κ1) is 29.7. The number of fused-ring (bicyclic) bond motifs is 4. The number of hydrogen-bond acceptors (Lipinski definition) is 8. The minimum atomic E-state index is 0.426. The second-order valence-corrected chi connectivity index (χ2v) is 9.95. The maximum atomic E-state index is 6.08. The number of nitrogens with zero attached hydrogens (tertiary/aromatic N) is 2. The molecule has 0 fully saturated rings. The molecule has 0 amide bonds. The van der Waals surface area contributed by atoms with Crippen molar-refractivity contribution >= 4 is 11.4 Å². The Morgan fingerprint density at radius 1 is 0.475 bits per heavy atom. The zero-order chi connectivity index (χ0) is 28.2. The molecule has 0 aliphatic carbocycles. The molecule has 0 radical (unpaired) electrons. The highest BCUT2D eigenvalue weighted by Gasteiger charge is 2.14. The van der Waals surface area contributed by atoms with Crippen LogP contribution in [0.5, 0.6) is 11.5 Å². The van der Waals surface area contributed by atoms with Gasteiger partial charge in [-0.15, -0.1) is 0 Å². The Balaban J connectivity index is 1.52. The smallest absolute Gasteiger partial charge is 0.161 e. The zero-order valence-electron chi connectivity index (χ0n) is 24.2. The molecule has 1 aliphatic heterocycles. The van der Waals surface area contributed by atoms with Crippen LogP contribution in [0.4, 0.5) is 11.4 Å². The first-order chi connectivity index (χ1) is 19.5. The second-order valence-electron chi connectivity index (χ2n) is 9.95. The van der Waals surface area contributed by atoms with Gasteiger partial charge < -0.3 is 38.2 Å². The van der Waals surface area contributed by atoms with E-state index in [0.717, 1.165) is 33.6 Å². The van der Waals surface area contributed by atoms with Crippen LogP contribution in [0.1, 0.15) is 11.1 Å². The SMILES string of the molecule is CN(C)c1ccc2c(c1)COCCOCCOc1ccccc1OCCOCCOCc1cc(N(C)C)ccc1-2. The van der Waals surface area contributed by atoms with E-state index < -0.39 is 0 Å². The molecule has 1 heterocycles. The maximum Gasteiger partial charge on any atom is 0.161 e. The van der Waals surface area contributed by atoms with Crippen LogP contribution >= 0.6 is 0 Å². The van der Waals surface area contributed by atoms with Crippen LogP contribution in [-0.4, -0.2) is 81.0 Å². The number of rotatable bonds is 2. The molecule has 0 aromatic heterocycles. The standard InChI is InChI=1S/C32H42N2O6/c1-33(2)27-9-11-29-25(21-27)23-37-15-13-35-17-19-39-31-7-5-6-8-32(31)40-20-18-36-14-16-38-24-26-22-28(34(3)4)10-12-30(26)29/h5-12,21-22H,13-20,23-24H2,1-4H3. The fourth-order valence-corrected chi connectivity index (χ4v) is 4.39. The largest absolute Gasteiger partial charge is 0.487 e. The highest BCUT2D eigenvalue weighted by Crippen LogP contribution is 2.33. The fraction of sp³-hybridized carbons (Fsp3) is 0.438. The monoisotopic (exact) mass is 550 g/mol. The van der Waals surface area contributed by atoms with Gasteiger partial charge in [-0.1, -0.05) is 24.3 Å². The molecule has 0 spiro atoms. The summed E-state index contributed by atoms with van der Waals surface area (Å²) in [6.45, 7) is 4.67. The third-order valence-corrected chi connectivity index (χ3v) is 6.58. The molecule has 0 atom stereocenters. The van der Waals surface area contributed by atoms with Crippen LogP contribution in [0.15, 0.2) is 60.7 Å². The summed E-state index contributed by atoms with van der Waals surface area (Å²) in [5.74, 6) is 1.38. The highest BCUT2D eigenvalue weighted by molar-refractivity contribution is 5.75. The minimum absolute atomic E-state index is 0.426. The van der Waals surface area contributed by atoms with Gasteiger partial charge in [0.2, 0.25) is 0 Å². The summed E-state index contributed by atoms with van der Waals surface area (Å²) in [5.41, 5.74) is 6.77. The molecule has 8 nitrogen and oxygen atoms in total. The summed E-state index contributed by atoms with van der Waals surface area (Å²) in [6.07, 6.45) is 0. The zero-order valence-corrected chi connectivity index (χ0v) is 24.2. The van der Waals surface area contributed by atoms with Gasteiger partial charge in [0, 0.05) is 39.6 Å². The van der Waals surface area contributed by atoms with Crippen LogP contribution in [0.3, 0.4) is 0 Å². The lowest BCUT2D eigenvalue weighted by atomic mass is 9.94. The molecular weight excluding hydrogens is 508 g/mol. The van der Waals surface area contributed by atoms with E-state index >= 15 is 0 Å². The van der Waals surface area contributed by atoms with Gasteiger partial charge in [-0.05, 0) is 58.7 Å². The fourth-order valence-electron chi connectivity index (χ4n) is 4.39. The number of para-hydroxylation sites is 2. The Hall–Kier alpha value is -3.30. The van der Waals surface area contributed by atoms with E-state index in [-0.39, 0.29) is 0 Å². The third kappa shape index (κ3) is 8.60. The average Bonchev–Trinajstić information content (AvgIpc) is 2.95. The Morgan fingerprint density at radius 3 is 1.30 bits per heavy atom. The summed E-state index contributed by atoms with van der Waals surface area (Å²) in [7, 11) is 8.19. The van der Waals surface area contributed by atoms with E-state index in [9.17, 15) is 0 Å². The summed E-state index contributed by atoms with van der Waals surface area (Å²) in [5, 5.41) is 0. The Morgan fingerprint density at radius 2 is 0.875 bits per heavy atom. The molecule has 0 bridgehead atoms. The van der Waals surface area contributed by atoms with Crippen LogP contribution in [0.2, 0.25) is 0 Å². The highest BCUT2D eigenvalue weighted by atomic mass is 16.6. The first-order valence-corrected chi connectivity index (χ1v) is 13.8. The van der Waals surface area contributed by atoms with Gasteiger partial charge in [0.25, 0.3) is 0 Å². The third-order valence-electron chi connectivity index (χ3n) is 6.58. The number of benzene rings is 3. The summed E-state index contributed by atoms with van der Waals surface area (Å²) < 4.78 is 35.4. The summed E-state index contributed by atoms with van der Waals surface area (Å²) in [4.78, 5) is 4.21. The van der Waals surface area contributed by atoms with E-state index in [4.69, 9.17) is 28.4 Å². The van der Waals surface area contributed by atoms with Gasteiger partial charge in [0.05, 0.1) is 52.9 Å². The lowest BCUT2D eigenvalue weighted by molar-refractivity contribution is 0.0272. The lowest BCUT2D eigenvalue weighted by Gasteiger charge is -2.21. The molecule has 0 unspecified atom stereocenters. The van der Waals surface area contributed by atoms with Crippen molar-refractivity contribution in [2.75, 3.05) is 90.8 Å².